The number of halogens is 1. The first-order valence-electron chi connectivity index (χ1n) is 5.26. The number of pyridine rings is 1. The number of rotatable bonds is 3. The average molecular weight is 250 g/mol. The first-order valence-corrected chi connectivity index (χ1v) is 5.63. The van der Waals surface area contributed by atoms with Crippen LogP contribution in [-0.2, 0) is 0 Å². The summed E-state index contributed by atoms with van der Waals surface area (Å²) in [6.07, 6.45) is 0. The Hall–Kier alpha value is -1.65. The van der Waals surface area contributed by atoms with E-state index in [9.17, 15) is 4.79 Å². The van der Waals surface area contributed by atoms with E-state index in [1.165, 1.54) is 0 Å². The van der Waals surface area contributed by atoms with Crippen LogP contribution < -0.4 is 11.1 Å². The fraction of sp³-hybridized carbons (Fsp3) is 0.167. The molecule has 2 aromatic rings. The minimum absolute atomic E-state index is 0.184. The fourth-order valence-electron chi connectivity index (χ4n) is 1.61. The van der Waals surface area contributed by atoms with Gasteiger partial charge in [0.15, 0.2) is 0 Å². The standard InChI is InChI=1S/C12H12ClN3O/c13-11-7-9(12(17)15-6-5-14)8-3-1-2-4-10(8)16-11/h1-4,7H,5-6,14H2,(H,15,17). The van der Waals surface area contributed by atoms with Gasteiger partial charge in [-0.1, -0.05) is 29.8 Å². The van der Waals surface area contributed by atoms with Crippen molar-refractivity contribution in [1.29, 1.82) is 0 Å². The Balaban J connectivity index is 2.48. The molecule has 0 aliphatic rings. The van der Waals surface area contributed by atoms with Crippen molar-refractivity contribution in [1.82, 2.24) is 10.3 Å². The minimum Gasteiger partial charge on any atom is -0.351 e. The lowest BCUT2D eigenvalue weighted by Crippen LogP contribution is -2.29. The van der Waals surface area contributed by atoms with Gasteiger partial charge >= 0.3 is 0 Å². The Kier molecular flexibility index (Phi) is 3.56. The number of aromatic nitrogens is 1. The first kappa shape index (κ1) is 11.8. The first-order chi connectivity index (χ1) is 8.22. The van der Waals surface area contributed by atoms with Crippen molar-refractivity contribution >= 4 is 28.4 Å². The number of carbonyl (C=O) groups is 1. The Bertz CT molecular complexity index is 556. The van der Waals surface area contributed by atoms with Gasteiger partial charge in [0.25, 0.3) is 5.91 Å². The molecule has 0 radical (unpaired) electrons. The molecule has 5 heteroatoms. The van der Waals surface area contributed by atoms with Gasteiger partial charge in [-0.3, -0.25) is 4.79 Å². The van der Waals surface area contributed by atoms with Gasteiger partial charge in [-0.25, -0.2) is 4.98 Å². The summed E-state index contributed by atoms with van der Waals surface area (Å²) in [5, 5.41) is 3.81. The molecule has 0 saturated heterocycles. The van der Waals surface area contributed by atoms with E-state index in [0.717, 1.165) is 5.39 Å². The number of nitrogens with one attached hydrogen (secondary N) is 1. The average Bonchev–Trinajstić information content (AvgIpc) is 2.34. The zero-order chi connectivity index (χ0) is 12.3. The molecule has 0 atom stereocenters. The van der Waals surface area contributed by atoms with Crippen LogP contribution in [0.1, 0.15) is 10.4 Å². The molecule has 0 saturated carbocycles. The number of nitrogens with zero attached hydrogens (tertiary/aromatic N) is 1. The van der Waals surface area contributed by atoms with E-state index in [2.05, 4.69) is 10.3 Å². The zero-order valence-corrected chi connectivity index (χ0v) is 9.87. The molecule has 0 aliphatic heterocycles. The number of para-hydroxylation sites is 1. The topological polar surface area (TPSA) is 68.0 Å². The molecule has 4 nitrogen and oxygen atoms in total. The van der Waals surface area contributed by atoms with E-state index in [1.807, 2.05) is 24.3 Å². The predicted molar refractivity (Wildman–Crippen MR) is 68.1 cm³/mol. The third kappa shape index (κ3) is 2.54. The van der Waals surface area contributed by atoms with Gasteiger partial charge in [0, 0.05) is 18.5 Å². The highest BCUT2D eigenvalue weighted by molar-refractivity contribution is 6.30. The van der Waals surface area contributed by atoms with Crippen LogP contribution in [-0.4, -0.2) is 24.0 Å². The monoisotopic (exact) mass is 249 g/mol. The quantitative estimate of drug-likeness (QED) is 0.812. The number of benzene rings is 1. The van der Waals surface area contributed by atoms with Crippen molar-refractivity contribution in [3.05, 3.63) is 41.0 Å². The third-order valence-electron chi connectivity index (χ3n) is 2.36. The van der Waals surface area contributed by atoms with Crippen LogP contribution in [0.25, 0.3) is 10.9 Å². The summed E-state index contributed by atoms with van der Waals surface area (Å²) >= 11 is 5.89. The van der Waals surface area contributed by atoms with E-state index >= 15 is 0 Å². The molecule has 0 spiro atoms. The smallest absolute Gasteiger partial charge is 0.252 e. The molecule has 1 amide bonds. The normalized spacial score (nSPS) is 10.5. The van der Waals surface area contributed by atoms with E-state index in [0.29, 0.717) is 29.3 Å². The molecule has 3 N–H and O–H groups in total. The Morgan fingerprint density at radius 2 is 2.18 bits per heavy atom. The van der Waals surface area contributed by atoms with Crippen LogP contribution in [0.3, 0.4) is 0 Å². The lowest BCUT2D eigenvalue weighted by molar-refractivity contribution is 0.0956. The summed E-state index contributed by atoms with van der Waals surface area (Å²) in [5.41, 5.74) is 6.57. The van der Waals surface area contributed by atoms with Gasteiger partial charge in [0.2, 0.25) is 0 Å². The Morgan fingerprint density at radius 1 is 1.41 bits per heavy atom. The zero-order valence-electron chi connectivity index (χ0n) is 9.11. The van der Waals surface area contributed by atoms with Crippen LogP contribution >= 0.6 is 11.6 Å². The Morgan fingerprint density at radius 3 is 2.94 bits per heavy atom. The highest BCUT2D eigenvalue weighted by atomic mass is 35.5. The van der Waals surface area contributed by atoms with Crippen molar-refractivity contribution in [2.75, 3.05) is 13.1 Å². The predicted octanol–water partition coefficient (Wildman–Crippen LogP) is 1.58. The largest absolute Gasteiger partial charge is 0.351 e. The molecular formula is C12H12ClN3O. The summed E-state index contributed by atoms with van der Waals surface area (Å²) in [6, 6.07) is 8.94. The lowest BCUT2D eigenvalue weighted by Gasteiger charge is -2.07. The second-order valence-corrected chi connectivity index (χ2v) is 3.94. The van der Waals surface area contributed by atoms with Gasteiger partial charge in [0.1, 0.15) is 5.15 Å². The van der Waals surface area contributed by atoms with Crippen LogP contribution in [0.2, 0.25) is 5.15 Å². The van der Waals surface area contributed by atoms with Crippen molar-refractivity contribution in [2.45, 2.75) is 0 Å². The van der Waals surface area contributed by atoms with Crippen molar-refractivity contribution in [2.24, 2.45) is 5.73 Å². The number of amides is 1. The van der Waals surface area contributed by atoms with Crippen LogP contribution in [0.15, 0.2) is 30.3 Å². The van der Waals surface area contributed by atoms with Crippen molar-refractivity contribution < 1.29 is 4.79 Å². The fourth-order valence-corrected chi connectivity index (χ4v) is 1.81. The molecule has 0 bridgehead atoms. The van der Waals surface area contributed by atoms with Gasteiger partial charge < -0.3 is 11.1 Å². The summed E-state index contributed by atoms with van der Waals surface area (Å²) in [6.45, 7) is 0.843. The number of fused-ring (bicyclic) bond motifs is 1. The van der Waals surface area contributed by atoms with E-state index in [-0.39, 0.29) is 5.91 Å². The number of carbonyl (C=O) groups excluding carboxylic acids is 1. The SMILES string of the molecule is NCCNC(=O)c1cc(Cl)nc2ccccc12. The maximum atomic E-state index is 11.9. The molecule has 2 rings (SSSR count). The molecule has 88 valence electrons. The van der Waals surface area contributed by atoms with E-state index in [1.54, 1.807) is 6.07 Å². The molecule has 1 heterocycles. The van der Waals surface area contributed by atoms with E-state index in [4.69, 9.17) is 17.3 Å². The van der Waals surface area contributed by atoms with E-state index < -0.39 is 0 Å². The summed E-state index contributed by atoms with van der Waals surface area (Å²) in [5.74, 6) is -0.184. The molecule has 0 fully saturated rings. The van der Waals surface area contributed by atoms with Crippen molar-refractivity contribution in [3.63, 3.8) is 0 Å². The van der Waals surface area contributed by atoms with Crippen LogP contribution in [0.4, 0.5) is 0 Å². The number of hydrogen-bond acceptors (Lipinski definition) is 3. The van der Waals surface area contributed by atoms with Crippen LogP contribution in [0, 0.1) is 0 Å². The molecule has 17 heavy (non-hydrogen) atoms. The third-order valence-corrected chi connectivity index (χ3v) is 2.55. The minimum atomic E-state index is -0.184. The van der Waals surface area contributed by atoms with Gasteiger partial charge in [-0.05, 0) is 12.1 Å². The molecule has 1 aromatic heterocycles. The van der Waals surface area contributed by atoms with Gasteiger partial charge in [-0.15, -0.1) is 0 Å². The highest BCUT2D eigenvalue weighted by Crippen LogP contribution is 2.20. The second kappa shape index (κ2) is 5.12. The molecule has 0 unspecified atom stereocenters. The lowest BCUT2D eigenvalue weighted by atomic mass is 10.1. The van der Waals surface area contributed by atoms with Crippen molar-refractivity contribution in [3.8, 4) is 0 Å². The Labute approximate surface area is 104 Å². The van der Waals surface area contributed by atoms with Gasteiger partial charge in [-0.2, -0.15) is 0 Å². The summed E-state index contributed by atoms with van der Waals surface area (Å²) in [7, 11) is 0. The molecule has 0 aliphatic carbocycles. The summed E-state index contributed by atoms with van der Waals surface area (Å²) in [4.78, 5) is 16.1. The number of hydrogen-bond donors (Lipinski definition) is 2. The number of nitrogens with two attached hydrogens (primary N) is 1. The maximum Gasteiger partial charge on any atom is 0.252 e. The second-order valence-electron chi connectivity index (χ2n) is 3.55. The maximum absolute atomic E-state index is 11.9. The molecular weight excluding hydrogens is 238 g/mol. The van der Waals surface area contributed by atoms with Gasteiger partial charge in [0.05, 0.1) is 11.1 Å². The molecule has 1 aromatic carbocycles. The highest BCUT2D eigenvalue weighted by Gasteiger charge is 2.11. The summed E-state index contributed by atoms with van der Waals surface area (Å²) < 4.78 is 0. The van der Waals surface area contributed by atoms with Crippen LogP contribution in [0.5, 0.6) is 0 Å².